The zero-order valence-electron chi connectivity index (χ0n) is 19.7. The molecule has 7 heteroatoms. The molecule has 2 aliphatic heterocycles. The zero-order chi connectivity index (χ0) is 22.0. The summed E-state index contributed by atoms with van der Waals surface area (Å²) >= 11 is 0. The predicted molar refractivity (Wildman–Crippen MR) is 146 cm³/mol. The number of benzene rings is 2. The summed E-state index contributed by atoms with van der Waals surface area (Å²) in [6.07, 6.45) is 2.50. The first kappa shape index (κ1) is 25.9. The summed E-state index contributed by atoms with van der Waals surface area (Å²) < 4.78 is 5.44. The molecule has 2 heterocycles. The molecular weight excluding hydrogens is 525 g/mol. The van der Waals surface area contributed by atoms with Crippen LogP contribution in [0.25, 0.3) is 0 Å². The standard InChI is InChI=1S/C26H37N5O.HI/c1-27-26(29-19-25-8-5-13-31(25)21-23-6-3-2-4-7-23)28-18-22-9-11-24(12-10-22)20-30-14-16-32-17-15-30;/h2-4,6-7,9-12,25H,5,8,13-21H2,1H3,(H2,27,28,29);1H. The third kappa shape index (κ3) is 8.24. The van der Waals surface area contributed by atoms with Gasteiger partial charge < -0.3 is 15.4 Å². The van der Waals surface area contributed by atoms with Gasteiger partial charge in [0.1, 0.15) is 0 Å². The first-order valence-corrected chi connectivity index (χ1v) is 11.9. The van der Waals surface area contributed by atoms with Crippen molar-refractivity contribution in [2.45, 2.75) is 38.5 Å². The van der Waals surface area contributed by atoms with Crippen molar-refractivity contribution in [3.05, 3.63) is 71.3 Å². The molecule has 1 atom stereocenters. The van der Waals surface area contributed by atoms with Crippen LogP contribution in [0, 0.1) is 0 Å². The molecule has 2 saturated heterocycles. The summed E-state index contributed by atoms with van der Waals surface area (Å²) in [7, 11) is 1.84. The summed E-state index contributed by atoms with van der Waals surface area (Å²) in [4.78, 5) is 9.46. The first-order chi connectivity index (χ1) is 15.8. The lowest BCUT2D eigenvalue weighted by Crippen LogP contribution is -2.44. The third-order valence-electron chi connectivity index (χ3n) is 6.45. The lowest BCUT2D eigenvalue weighted by molar-refractivity contribution is 0.0342. The highest BCUT2D eigenvalue weighted by molar-refractivity contribution is 14.0. The van der Waals surface area contributed by atoms with Gasteiger partial charge in [-0.3, -0.25) is 14.8 Å². The van der Waals surface area contributed by atoms with Gasteiger partial charge in [-0.25, -0.2) is 0 Å². The van der Waals surface area contributed by atoms with Gasteiger partial charge in [0.05, 0.1) is 13.2 Å². The zero-order valence-corrected chi connectivity index (χ0v) is 22.0. The van der Waals surface area contributed by atoms with Crippen molar-refractivity contribution in [2.75, 3.05) is 46.4 Å². The highest BCUT2D eigenvalue weighted by Gasteiger charge is 2.24. The van der Waals surface area contributed by atoms with E-state index in [1.807, 2.05) is 7.05 Å². The maximum atomic E-state index is 5.44. The number of guanidine groups is 1. The Hall–Kier alpha value is -1.68. The van der Waals surface area contributed by atoms with E-state index in [4.69, 9.17) is 4.74 Å². The van der Waals surface area contributed by atoms with Crippen molar-refractivity contribution in [3.63, 3.8) is 0 Å². The minimum absolute atomic E-state index is 0. The topological polar surface area (TPSA) is 52.1 Å². The van der Waals surface area contributed by atoms with E-state index in [9.17, 15) is 0 Å². The van der Waals surface area contributed by atoms with E-state index in [0.717, 1.165) is 58.4 Å². The molecular formula is C26H38IN5O. The highest BCUT2D eigenvalue weighted by atomic mass is 127. The number of nitrogens with one attached hydrogen (secondary N) is 2. The average Bonchev–Trinajstić information content (AvgIpc) is 3.28. The lowest BCUT2D eigenvalue weighted by atomic mass is 10.1. The number of ether oxygens (including phenoxy) is 1. The average molecular weight is 564 g/mol. The van der Waals surface area contributed by atoms with Crippen molar-refractivity contribution >= 4 is 29.9 Å². The van der Waals surface area contributed by atoms with Gasteiger partial charge >= 0.3 is 0 Å². The quantitative estimate of drug-likeness (QED) is 0.293. The Morgan fingerprint density at radius 3 is 2.33 bits per heavy atom. The monoisotopic (exact) mass is 563 g/mol. The number of hydrogen-bond acceptors (Lipinski definition) is 4. The maximum absolute atomic E-state index is 5.44. The minimum atomic E-state index is 0. The fourth-order valence-corrected chi connectivity index (χ4v) is 4.55. The Labute approximate surface area is 215 Å². The summed E-state index contributed by atoms with van der Waals surface area (Å²) in [5, 5.41) is 7.01. The number of morpholine rings is 1. The molecule has 0 radical (unpaired) electrons. The van der Waals surface area contributed by atoms with Crippen LogP contribution in [0.1, 0.15) is 29.5 Å². The number of nitrogens with zero attached hydrogens (tertiary/aromatic N) is 3. The van der Waals surface area contributed by atoms with Crippen molar-refractivity contribution in [2.24, 2.45) is 4.99 Å². The van der Waals surface area contributed by atoms with Gasteiger partial charge in [-0.05, 0) is 36.1 Å². The van der Waals surface area contributed by atoms with Crippen molar-refractivity contribution < 1.29 is 4.74 Å². The van der Waals surface area contributed by atoms with Crippen molar-refractivity contribution in [3.8, 4) is 0 Å². The molecule has 180 valence electrons. The SMILES string of the molecule is CN=C(NCc1ccc(CN2CCOCC2)cc1)NCC1CCCN1Cc1ccccc1.I. The van der Waals surface area contributed by atoms with Crippen LogP contribution >= 0.6 is 24.0 Å². The molecule has 0 amide bonds. The molecule has 2 aliphatic rings. The fourth-order valence-electron chi connectivity index (χ4n) is 4.55. The first-order valence-electron chi connectivity index (χ1n) is 11.9. The molecule has 33 heavy (non-hydrogen) atoms. The van der Waals surface area contributed by atoms with Crippen LogP contribution < -0.4 is 10.6 Å². The summed E-state index contributed by atoms with van der Waals surface area (Å²) in [6, 6.07) is 20.2. The number of halogens is 1. The lowest BCUT2D eigenvalue weighted by Gasteiger charge is -2.26. The van der Waals surface area contributed by atoms with E-state index >= 15 is 0 Å². The number of rotatable bonds is 8. The molecule has 0 aliphatic carbocycles. The molecule has 0 spiro atoms. The van der Waals surface area contributed by atoms with Crippen LogP contribution in [0.4, 0.5) is 0 Å². The second-order valence-electron chi connectivity index (χ2n) is 8.76. The van der Waals surface area contributed by atoms with Gasteiger partial charge in [-0.1, -0.05) is 54.6 Å². The smallest absolute Gasteiger partial charge is 0.191 e. The van der Waals surface area contributed by atoms with Gasteiger partial charge in [-0.15, -0.1) is 24.0 Å². The number of aliphatic imine (C=N–C) groups is 1. The van der Waals surface area contributed by atoms with E-state index in [1.54, 1.807) is 0 Å². The van der Waals surface area contributed by atoms with Crippen LogP contribution in [0.3, 0.4) is 0 Å². The van der Waals surface area contributed by atoms with Crippen molar-refractivity contribution in [1.82, 2.24) is 20.4 Å². The van der Waals surface area contributed by atoms with E-state index in [0.29, 0.717) is 6.04 Å². The second-order valence-corrected chi connectivity index (χ2v) is 8.76. The molecule has 1 unspecified atom stereocenters. The van der Waals surface area contributed by atoms with Crippen LogP contribution in [0.5, 0.6) is 0 Å². The van der Waals surface area contributed by atoms with Crippen molar-refractivity contribution in [1.29, 1.82) is 0 Å². The van der Waals surface area contributed by atoms with Gasteiger partial charge in [0, 0.05) is 52.4 Å². The normalized spacial score (nSPS) is 19.8. The van der Waals surface area contributed by atoms with Crippen LogP contribution in [-0.2, 0) is 24.4 Å². The van der Waals surface area contributed by atoms with E-state index in [2.05, 4.69) is 80.0 Å². The van der Waals surface area contributed by atoms with Gasteiger partial charge in [0.2, 0.25) is 0 Å². The summed E-state index contributed by atoms with van der Waals surface area (Å²) in [5.74, 6) is 0.869. The van der Waals surface area contributed by atoms with E-state index in [1.165, 1.54) is 36.1 Å². The van der Waals surface area contributed by atoms with Gasteiger partial charge in [0.15, 0.2) is 5.96 Å². The van der Waals surface area contributed by atoms with Crippen LogP contribution in [0.2, 0.25) is 0 Å². The largest absolute Gasteiger partial charge is 0.379 e. The molecule has 2 aromatic rings. The summed E-state index contributed by atoms with van der Waals surface area (Å²) in [6.45, 7) is 8.63. The Balaban J connectivity index is 0.00000306. The van der Waals surface area contributed by atoms with E-state index < -0.39 is 0 Å². The Morgan fingerprint density at radius 2 is 1.61 bits per heavy atom. The molecule has 2 fully saturated rings. The third-order valence-corrected chi connectivity index (χ3v) is 6.45. The molecule has 0 bridgehead atoms. The summed E-state index contributed by atoms with van der Waals surface area (Å²) in [5.41, 5.74) is 4.02. The fraction of sp³-hybridized carbons (Fsp3) is 0.500. The minimum Gasteiger partial charge on any atom is -0.379 e. The Kier molecular flexibility index (Phi) is 10.9. The number of hydrogen-bond donors (Lipinski definition) is 2. The van der Waals surface area contributed by atoms with Crippen LogP contribution in [0.15, 0.2) is 59.6 Å². The maximum Gasteiger partial charge on any atom is 0.191 e. The molecule has 2 aromatic carbocycles. The van der Waals surface area contributed by atoms with Gasteiger partial charge in [-0.2, -0.15) is 0 Å². The highest BCUT2D eigenvalue weighted by Crippen LogP contribution is 2.19. The molecule has 4 rings (SSSR count). The molecule has 6 nitrogen and oxygen atoms in total. The second kappa shape index (κ2) is 13.9. The Morgan fingerprint density at radius 1 is 0.909 bits per heavy atom. The molecule has 0 saturated carbocycles. The Bertz CT molecular complexity index is 840. The number of likely N-dealkylation sites (tertiary alicyclic amines) is 1. The molecule has 2 N–H and O–H groups in total. The van der Waals surface area contributed by atoms with E-state index in [-0.39, 0.29) is 24.0 Å². The van der Waals surface area contributed by atoms with Gasteiger partial charge in [0.25, 0.3) is 0 Å². The van der Waals surface area contributed by atoms with Crippen LogP contribution in [-0.4, -0.2) is 68.2 Å². The predicted octanol–water partition coefficient (Wildman–Crippen LogP) is 3.47. The molecule has 0 aromatic heterocycles.